The first-order chi connectivity index (χ1) is 10.0. The van der Waals surface area contributed by atoms with Gasteiger partial charge in [-0.2, -0.15) is 0 Å². The molecule has 21 heavy (non-hydrogen) atoms. The molecule has 0 aromatic heterocycles. The Labute approximate surface area is 126 Å². The number of benzene rings is 2. The van der Waals surface area contributed by atoms with Gasteiger partial charge in [-0.05, 0) is 55.5 Å². The summed E-state index contributed by atoms with van der Waals surface area (Å²) in [6.07, 6.45) is 0. The van der Waals surface area contributed by atoms with Crippen molar-refractivity contribution in [3.8, 4) is 0 Å². The van der Waals surface area contributed by atoms with Gasteiger partial charge in [-0.25, -0.2) is 4.39 Å². The summed E-state index contributed by atoms with van der Waals surface area (Å²) in [7, 11) is 0. The third-order valence-corrected chi connectivity index (χ3v) is 3.77. The van der Waals surface area contributed by atoms with Crippen LogP contribution in [0.4, 0.5) is 10.1 Å². The van der Waals surface area contributed by atoms with Crippen molar-refractivity contribution in [2.24, 2.45) is 0 Å². The Morgan fingerprint density at radius 2 is 1.67 bits per heavy atom. The average Bonchev–Trinajstić information content (AvgIpc) is 2.47. The molecule has 3 nitrogen and oxygen atoms in total. The van der Waals surface area contributed by atoms with E-state index in [0.29, 0.717) is 11.3 Å². The van der Waals surface area contributed by atoms with Crippen molar-refractivity contribution in [1.82, 2.24) is 0 Å². The van der Waals surface area contributed by atoms with Crippen LogP contribution in [0, 0.1) is 5.82 Å². The highest BCUT2D eigenvalue weighted by atomic mass is 32.2. The van der Waals surface area contributed by atoms with Crippen molar-refractivity contribution in [2.45, 2.75) is 11.8 Å². The Balaban J connectivity index is 1.86. The van der Waals surface area contributed by atoms with Crippen LogP contribution in [0.5, 0.6) is 0 Å². The number of hydrogen-bond acceptors (Lipinski definition) is 3. The maximum Gasteiger partial charge on any atom is 0.234 e. The number of hydrogen-bond donors (Lipinski definition) is 1. The summed E-state index contributed by atoms with van der Waals surface area (Å²) in [6.45, 7) is 1.49. The van der Waals surface area contributed by atoms with Gasteiger partial charge in [0, 0.05) is 16.1 Å². The molecule has 0 saturated heterocycles. The number of rotatable bonds is 5. The van der Waals surface area contributed by atoms with Crippen LogP contribution < -0.4 is 5.32 Å². The van der Waals surface area contributed by atoms with Crippen molar-refractivity contribution in [3.63, 3.8) is 0 Å². The van der Waals surface area contributed by atoms with E-state index >= 15 is 0 Å². The van der Waals surface area contributed by atoms with Gasteiger partial charge >= 0.3 is 0 Å². The molecule has 2 aromatic rings. The topological polar surface area (TPSA) is 46.2 Å². The number of anilines is 1. The third kappa shape index (κ3) is 4.72. The van der Waals surface area contributed by atoms with Crippen molar-refractivity contribution >= 4 is 29.1 Å². The molecule has 1 amide bonds. The monoisotopic (exact) mass is 303 g/mol. The van der Waals surface area contributed by atoms with E-state index in [1.165, 1.54) is 30.8 Å². The third-order valence-electron chi connectivity index (χ3n) is 2.76. The zero-order valence-electron chi connectivity index (χ0n) is 11.4. The fourth-order valence-electron chi connectivity index (χ4n) is 1.67. The number of amides is 1. The number of nitrogens with one attached hydrogen (secondary N) is 1. The van der Waals surface area contributed by atoms with Gasteiger partial charge in [0.15, 0.2) is 5.78 Å². The molecule has 0 aliphatic carbocycles. The largest absolute Gasteiger partial charge is 0.325 e. The number of thioether (sulfide) groups is 1. The Kier molecular flexibility index (Phi) is 5.11. The predicted octanol–water partition coefficient (Wildman–Crippen LogP) is 3.76. The van der Waals surface area contributed by atoms with Crippen molar-refractivity contribution in [2.75, 3.05) is 11.1 Å². The van der Waals surface area contributed by atoms with Gasteiger partial charge in [0.05, 0.1) is 5.75 Å². The van der Waals surface area contributed by atoms with E-state index in [0.717, 1.165) is 4.90 Å². The maximum absolute atomic E-state index is 12.7. The zero-order valence-corrected chi connectivity index (χ0v) is 12.2. The van der Waals surface area contributed by atoms with Crippen LogP contribution >= 0.6 is 11.8 Å². The molecule has 0 heterocycles. The van der Waals surface area contributed by atoms with E-state index in [-0.39, 0.29) is 23.3 Å². The smallest absolute Gasteiger partial charge is 0.234 e. The summed E-state index contributed by atoms with van der Waals surface area (Å²) < 4.78 is 12.7. The number of ketones is 1. The van der Waals surface area contributed by atoms with Crippen LogP contribution in [-0.4, -0.2) is 17.4 Å². The van der Waals surface area contributed by atoms with Gasteiger partial charge in [-0.15, -0.1) is 11.8 Å². The second-order valence-electron chi connectivity index (χ2n) is 4.42. The molecule has 0 radical (unpaired) electrons. The molecule has 0 unspecified atom stereocenters. The number of carbonyl (C=O) groups is 2. The fraction of sp³-hybridized carbons (Fsp3) is 0.125. The summed E-state index contributed by atoms with van der Waals surface area (Å²) >= 11 is 1.33. The average molecular weight is 303 g/mol. The van der Waals surface area contributed by atoms with Crippen molar-refractivity contribution < 1.29 is 14.0 Å². The SMILES string of the molecule is CC(=O)c1ccc(NC(=O)CSc2ccc(F)cc2)cc1. The van der Waals surface area contributed by atoms with E-state index < -0.39 is 0 Å². The van der Waals surface area contributed by atoms with Crippen molar-refractivity contribution in [1.29, 1.82) is 0 Å². The predicted molar refractivity (Wildman–Crippen MR) is 82.2 cm³/mol. The normalized spacial score (nSPS) is 10.2. The number of halogens is 1. The van der Waals surface area contributed by atoms with Crippen LogP contribution in [-0.2, 0) is 4.79 Å². The highest BCUT2D eigenvalue weighted by Crippen LogP contribution is 2.18. The summed E-state index contributed by atoms with van der Waals surface area (Å²) in [5.74, 6) is -0.228. The number of Topliss-reactive ketones (excluding diaryl/α,β-unsaturated/α-hetero) is 1. The Morgan fingerprint density at radius 3 is 2.24 bits per heavy atom. The lowest BCUT2D eigenvalue weighted by Gasteiger charge is -2.06. The molecule has 0 aliphatic rings. The molecule has 1 N–H and O–H groups in total. The molecule has 0 atom stereocenters. The van der Waals surface area contributed by atoms with E-state index in [2.05, 4.69) is 5.32 Å². The minimum atomic E-state index is -0.297. The first-order valence-corrected chi connectivity index (χ1v) is 7.32. The van der Waals surface area contributed by atoms with Gasteiger partial charge < -0.3 is 5.32 Å². The van der Waals surface area contributed by atoms with Crippen LogP contribution in [0.2, 0.25) is 0 Å². The Hall–Kier alpha value is -2.14. The molecule has 0 spiro atoms. The molecule has 108 valence electrons. The number of carbonyl (C=O) groups excluding carboxylic acids is 2. The first kappa shape index (κ1) is 15.3. The minimum Gasteiger partial charge on any atom is -0.325 e. The van der Waals surface area contributed by atoms with E-state index in [1.54, 1.807) is 36.4 Å². The van der Waals surface area contributed by atoms with Gasteiger partial charge in [0.1, 0.15) is 5.82 Å². The Morgan fingerprint density at radius 1 is 1.05 bits per heavy atom. The van der Waals surface area contributed by atoms with Crippen LogP contribution in [0.15, 0.2) is 53.4 Å². The highest BCUT2D eigenvalue weighted by Gasteiger charge is 2.05. The second-order valence-corrected chi connectivity index (χ2v) is 5.47. The lowest BCUT2D eigenvalue weighted by molar-refractivity contribution is -0.113. The second kappa shape index (κ2) is 7.04. The maximum atomic E-state index is 12.7. The lowest BCUT2D eigenvalue weighted by atomic mass is 10.1. The molecule has 0 aliphatic heterocycles. The summed E-state index contributed by atoms with van der Waals surface area (Å²) in [5.41, 5.74) is 1.25. The minimum absolute atomic E-state index is 0.0141. The molecule has 5 heteroatoms. The quantitative estimate of drug-likeness (QED) is 0.676. The summed E-state index contributed by atoms with van der Waals surface area (Å²) in [5, 5.41) is 2.74. The lowest BCUT2D eigenvalue weighted by Crippen LogP contribution is -2.14. The molecule has 0 fully saturated rings. The van der Waals surface area contributed by atoms with Gasteiger partial charge in [-0.3, -0.25) is 9.59 Å². The van der Waals surface area contributed by atoms with E-state index in [4.69, 9.17) is 0 Å². The molecule has 2 rings (SSSR count). The van der Waals surface area contributed by atoms with Gasteiger partial charge in [0.2, 0.25) is 5.91 Å². The first-order valence-electron chi connectivity index (χ1n) is 6.34. The molecule has 0 bridgehead atoms. The van der Waals surface area contributed by atoms with Crippen LogP contribution in [0.1, 0.15) is 17.3 Å². The molecule has 2 aromatic carbocycles. The summed E-state index contributed by atoms with van der Waals surface area (Å²) in [4.78, 5) is 23.8. The van der Waals surface area contributed by atoms with Crippen LogP contribution in [0.25, 0.3) is 0 Å². The molecular weight excluding hydrogens is 289 g/mol. The summed E-state index contributed by atoms with van der Waals surface area (Å²) in [6, 6.07) is 12.7. The highest BCUT2D eigenvalue weighted by molar-refractivity contribution is 8.00. The molecular formula is C16H14FNO2S. The molecule has 0 saturated carbocycles. The van der Waals surface area contributed by atoms with E-state index in [9.17, 15) is 14.0 Å². The van der Waals surface area contributed by atoms with E-state index in [1.807, 2.05) is 0 Å². The fourth-order valence-corrected chi connectivity index (χ4v) is 2.36. The zero-order chi connectivity index (χ0) is 15.2. The van der Waals surface area contributed by atoms with Crippen molar-refractivity contribution in [3.05, 3.63) is 59.9 Å². The Bertz CT molecular complexity index is 638. The van der Waals surface area contributed by atoms with Crippen LogP contribution in [0.3, 0.4) is 0 Å². The van der Waals surface area contributed by atoms with Gasteiger partial charge in [0.25, 0.3) is 0 Å². The van der Waals surface area contributed by atoms with Gasteiger partial charge in [-0.1, -0.05) is 0 Å². The standard InChI is InChI=1S/C16H14FNO2S/c1-11(19)12-2-6-14(7-3-12)18-16(20)10-21-15-8-4-13(17)5-9-15/h2-9H,10H2,1H3,(H,18,20).